The zero-order valence-corrected chi connectivity index (χ0v) is 14.9. The molecule has 25 heavy (non-hydrogen) atoms. The number of benzene rings is 2. The van der Waals surface area contributed by atoms with Gasteiger partial charge in [0.2, 0.25) is 5.69 Å². The molecule has 2 heteroatoms. The molecule has 1 aromatic heterocycles. The van der Waals surface area contributed by atoms with Crippen molar-refractivity contribution in [2.24, 2.45) is 7.05 Å². The standard InChI is InChI=1S/C23H25N2/c1-25-23(19-14-8-5-9-15-19)21-17-11-3-2-10-16-20(21)22(24-25)18-12-6-4-7-13-18/h4-9,12-15H,2-3,10-11,16-17H2,1H3/q+1. The van der Waals surface area contributed by atoms with Gasteiger partial charge in [-0.3, -0.25) is 0 Å². The number of aryl methyl sites for hydroxylation is 1. The van der Waals surface area contributed by atoms with E-state index in [-0.39, 0.29) is 0 Å². The molecule has 1 aliphatic rings. The Morgan fingerprint density at radius 3 is 1.88 bits per heavy atom. The van der Waals surface area contributed by atoms with Gasteiger partial charge in [-0.2, -0.15) is 0 Å². The summed E-state index contributed by atoms with van der Waals surface area (Å²) < 4.78 is 2.10. The lowest BCUT2D eigenvalue weighted by molar-refractivity contribution is -0.719. The van der Waals surface area contributed by atoms with Crippen LogP contribution in [0.1, 0.15) is 36.8 Å². The van der Waals surface area contributed by atoms with Gasteiger partial charge in [0.05, 0.1) is 0 Å². The van der Waals surface area contributed by atoms with E-state index in [1.165, 1.54) is 59.3 Å². The van der Waals surface area contributed by atoms with Crippen LogP contribution in [0.3, 0.4) is 0 Å². The first-order chi connectivity index (χ1) is 12.3. The lowest BCUT2D eigenvalue weighted by atomic mass is 9.88. The summed E-state index contributed by atoms with van der Waals surface area (Å²) in [5.74, 6) is 0. The van der Waals surface area contributed by atoms with Crippen LogP contribution in [0.5, 0.6) is 0 Å². The monoisotopic (exact) mass is 329 g/mol. The van der Waals surface area contributed by atoms with E-state index >= 15 is 0 Å². The molecule has 1 heterocycles. The number of nitrogens with zero attached hydrogens (tertiary/aromatic N) is 2. The van der Waals surface area contributed by atoms with Crippen LogP contribution >= 0.6 is 0 Å². The van der Waals surface area contributed by atoms with Gasteiger partial charge in [0.15, 0.2) is 7.05 Å². The Balaban J connectivity index is 1.97. The van der Waals surface area contributed by atoms with Crippen molar-refractivity contribution >= 4 is 0 Å². The van der Waals surface area contributed by atoms with Gasteiger partial charge in [0.25, 0.3) is 0 Å². The Morgan fingerprint density at radius 2 is 1.24 bits per heavy atom. The molecule has 0 unspecified atom stereocenters. The molecule has 0 spiro atoms. The Morgan fingerprint density at radius 1 is 0.680 bits per heavy atom. The average molecular weight is 329 g/mol. The van der Waals surface area contributed by atoms with E-state index in [0.717, 1.165) is 12.8 Å². The summed E-state index contributed by atoms with van der Waals surface area (Å²) in [6.07, 6.45) is 7.47. The number of fused-ring (bicyclic) bond motifs is 1. The molecular formula is C23H25N2+. The largest absolute Gasteiger partial charge is 0.242 e. The molecule has 0 fully saturated rings. The van der Waals surface area contributed by atoms with E-state index in [9.17, 15) is 0 Å². The maximum atomic E-state index is 5.02. The summed E-state index contributed by atoms with van der Waals surface area (Å²) in [6.45, 7) is 0. The van der Waals surface area contributed by atoms with E-state index in [1.54, 1.807) is 0 Å². The molecule has 2 aromatic carbocycles. The average Bonchev–Trinajstić information content (AvgIpc) is 2.64. The highest BCUT2D eigenvalue weighted by Gasteiger charge is 2.26. The van der Waals surface area contributed by atoms with Crippen LogP contribution < -0.4 is 4.68 Å². The van der Waals surface area contributed by atoms with Gasteiger partial charge in [0.1, 0.15) is 5.69 Å². The molecule has 0 atom stereocenters. The highest BCUT2D eigenvalue weighted by molar-refractivity contribution is 5.69. The predicted octanol–water partition coefficient (Wildman–Crippen LogP) is 4.90. The molecule has 2 nitrogen and oxygen atoms in total. The fraction of sp³-hybridized carbons (Fsp3) is 0.304. The smallest absolute Gasteiger partial charge is 0.0856 e. The molecular weight excluding hydrogens is 304 g/mol. The molecule has 0 radical (unpaired) electrons. The van der Waals surface area contributed by atoms with Gasteiger partial charge in [-0.1, -0.05) is 66.1 Å². The first-order valence-corrected chi connectivity index (χ1v) is 9.37. The minimum Gasteiger partial charge on any atom is -0.0856 e. The number of aromatic nitrogens is 2. The van der Waals surface area contributed by atoms with Gasteiger partial charge in [-0.25, -0.2) is 0 Å². The maximum absolute atomic E-state index is 5.02. The second kappa shape index (κ2) is 7.18. The summed E-state index contributed by atoms with van der Waals surface area (Å²) in [5, 5.41) is 5.02. The third-order valence-electron chi connectivity index (χ3n) is 5.21. The lowest BCUT2D eigenvalue weighted by Crippen LogP contribution is -2.38. The van der Waals surface area contributed by atoms with Crippen molar-refractivity contribution in [3.63, 3.8) is 0 Å². The van der Waals surface area contributed by atoms with E-state index < -0.39 is 0 Å². The van der Waals surface area contributed by atoms with E-state index in [2.05, 4.69) is 72.4 Å². The molecule has 0 saturated heterocycles. The summed E-state index contributed by atoms with van der Waals surface area (Å²) in [5.41, 5.74) is 7.92. The first kappa shape index (κ1) is 16.0. The van der Waals surface area contributed by atoms with Gasteiger partial charge < -0.3 is 0 Å². The van der Waals surface area contributed by atoms with Crippen molar-refractivity contribution in [3.05, 3.63) is 71.8 Å². The molecule has 1 aliphatic carbocycles. The minimum atomic E-state index is 1.13. The SMILES string of the molecule is C[n+]1nc(-c2ccccc2)c2c(c1-c1ccccc1)CCCCCC2. The van der Waals surface area contributed by atoms with Gasteiger partial charge in [-0.15, -0.1) is 0 Å². The second-order valence-corrected chi connectivity index (χ2v) is 6.92. The quantitative estimate of drug-likeness (QED) is 0.611. The topological polar surface area (TPSA) is 16.8 Å². The molecule has 3 aromatic rings. The Labute approximate surface area is 150 Å². The zero-order chi connectivity index (χ0) is 17.1. The summed E-state index contributed by atoms with van der Waals surface area (Å²) in [7, 11) is 2.09. The third kappa shape index (κ3) is 3.21. The fourth-order valence-corrected chi connectivity index (χ4v) is 4.02. The molecule has 0 saturated carbocycles. The van der Waals surface area contributed by atoms with Gasteiger partial charge in [0, 0.05) is 21.8 Å². The molecule has 0 N–H and O–H groups in total. The van der Waals surface area contributed by atoms with Gasteiger partial charge >= 0.3 is 0 Å². The third-order valence-corrected chi connectivity index (χ3v) is 5.21. The van der Waals surface area contributed by atoms with E-state index in [0.29, 0.717) is 0 Å². The normalized spacial score (nSPS) is 14.4. The first-order valence-electron chi connectivity index (χ1n) is 9.37. The van der Waals surface area contributed by atoms with Crippen LogP contribution in [-0.2, 0) is 19.9 Å². The van der Waals surface area contributed by atoms with Crippen molar-refractivity contribution in [3.8, 4) is 22.5 Å². The van der Waals surface area contributed by atoms with Crippen molar-refractivity contribution in [1.82, 2.24) is 5.10 Å². The lowest BCUT2D eigenvalue weighted by Gasteiger charge is -2.18. The van der Waals surface area contributed by atoms with Crippen molar-refractivity contribution in [2.75, 3.05) is 0 Å². The predicted molar refractivity (Wildman–Crippen MR) is 102 cm³/mol. The van der Waals surface area contributed by atoms with E-state index in [1.807, 2.05) is 0 Å². The molecule has 0 bridgehead atoms. The number of hydrogen-bond acceptors (Lipinski definition) is 1. The second-order valence-electron chi connectivity index (χ2n) is 6.92. The van der Waals surface area contributed by atoms with Crippen LogP contribution in [-0.4, -0.2) is 5.10 Å². The summed E-state index contributed by atoms with van der Waals surface area (Å²) in [6, 6.07) is 21.4. The van der Waals surface area contributed by atoms with Crippen LogP contribution in [0.25, 0.3) is 22.5 Å². The van der Waals surface area contributed by atoms with Crippen molar-refractivity contribution < 1.29 is 4.68 Å². The molecule has 126 valence electrons. The van der Waals surface area contributed by atoms with Crippen molar-refractivity contribution in [1.29, 1.82) is 0 Å². The van der Waals surface area contributed by atoms with Crippen molar-refractivity contribution in [2.45, 2.75) is 38.5 Å². The van der Waals surface area contributed by atoms with Crippen LogP contribution in [0, 0.1) is 0 Å². The number of hydrogen-bond donors (Lipinski definition) is 0. The zero-order valence-electron chi connectivity index (χ0n) is 14.9. The van der Waals surface area contributed by atoms with Gasteiger partial charge in [-0.05, 0) is 43.4 Å². The molecule has 0 aliphatic heterocycles. The Bertz CT molecular complexity index is 854. The highest BCUT2D eigenvalue weighted by atomic mass is 15.3. The van der Waals surface area contributed by atoms with Crippen LogP contribution in [0.2, 0.25) is 0 Å². The fourth-order valence-electron chi connectivity index (χ4n) is 4.02. The Hall–Kier alpha value is -2.48. The number of rotatable bonds is 2. The minimum absolute atomic E-state index is 1.13. The molecule has 4 rings (SSSR count). The van der Waals surface area contributed by atoms with E-state index in [4.69, 9.17) is 5.10 Å². The van der Waals surface area contributed by atoms with Crippen LogP contribution in [0.15, 0.2) is 60.7 Å². The van der Waals surface area contributed by atoms with Crippen LogP contribution in [0.4, 0.5) is 0 Å². The maximum Gasteiger partial charge on any atom is 0.242 e. The Kier molecular flexibility index (Phi) is 4.60. The summed E-state index contributed by atoms with van der Waals surface area (Å²) in [4.78, 5) is 0. The highest BCUT2D eigenvalue weighted by Crippen LogP contribution is 2.32. The summed E-state index contributed by atoms with van der Waals surface area (Å²) >= 11 is 0. The molecule has 0 amide bonds.